The van der Waals surface area contributed by atoms with Crippen molar-refractivity contribution < 1.29 is 9.53 Å². The third kappa shape index (κ3) is 4.13. The quantitative estimate of drug-likeness (QED) is 0.727. The minimum atomic E-state index is -0.0607. The van der Waals surface area contributed by atoms with Crippen LogP contribution in [0.3, 0.4) is 0 Å². The zero-order valence-electron chi connectivity index (χ0n) is 11.1. The molecule has 6 heteroatoms. The molecule has 21 heavy (non-hydrogen) atoms. The number of carbonyl (C=O) groups is 1. The van der Waals surface area contributed by atoms with Crippen molar-refractivity contribution in [3.63, 3.8) is 0 Å². The van der Waals surface area contributed by atoms with E-state index in [0.717, 1.165) is 4.47 Å². The summed E-state index contributed by atoms with van der Waals surface area (Å²) in [6, 6.07) is 10.2. The number of ketones is 1. The number of nitrogens with one attached hydrogen (secondary N) is 1. The van der Waals surface area contributed by atoms with Gasteiger partial charge in [-0.2, -0.15) is 0 Å². The summed E-state index contributed by atoms with van der Waals surface area (Å²) in [5, 5.41) is 4.06. The normalized spacial score (nSPS) is 10.3. The molecule has 0 saturated carbocycles. The average molecular weight is 389 g/mol. The van der Waals surface area contributed by atoms with Crippen molar-refractivity contribution >= 4 is 50.6 Å². The highest BCUT2D eigenvalue weighted by molar-refractivity contribution is 9.10. The molecule has 2 aromatic carbocycles. The predicted octanol–water partition coefficient (Wildman–Crippen LogP) is 5.06. The van der Waals surface area contributed by atoms with Gasteiger partial charge in [-0.1, -0.05) is 23.2 Å². The number of methoxy groups -OCH3 is 1. The molecule has 0 fully saturated rings. The standard InChI is InChI=1S/C15H12BrCl2NO2/c1-21-15-5-2-9(6-11(15)16)14(20)8-19-13-7-10(17)3-4-12(13)18/h2-7,19H,8H2,1H3. The van der Waals surface area contributed by atoms with Gasteiger partial charge in [-0.15, -0.1) is 0 Å². The van der Waals surface area contributed by atoms with E-state index in [1.165, 1.54) is 0 Å². The highest BCUT2D eigenvalue weighted by Crippen LogP contribution is 2.27. The van der Waals surface area contributed by atoms with Crippen molar-refractivity contribution in [1.29, 1.82) is 0 Å². The lowest BCUT2D eigenvalue weighted by atomic mass is 10.1. The molecule has 0 saturated heterocycles. The molecule has 2 aromatic rings. The average Bonchev–Trinajstić information content (AvgIpc) is 2.47. The van der Waals surface area contributed by atoms with E-state index >= 15 is 0 Å². The maximum Gasteiger partial charge on any atom is 0.181 e. The molecule has 0 bridgehead atoms. The van der Waals surface area contributed by atoms with Crippen molar-refractivity contribution in [2.24, 2.45) is 0 Å². The van der Waals surface area contributed by atoms with Gasteiger partial charge in [0.1, 0.15) is 5.75 Å². The Balaban J connectivity index is 2.08. The maximum atomic E-state index is 12.2. The van der Waals surface area contributed by atoms with Gasteiger partial charge in [0.05, 0.1) is 28.8 Å². The van der Waals surface area contributed by atoms with Gasteiger partial charge in [0.15, 0.2) is 5.78 Å². The van der Waals surface area contributed by atoms with E-state index in [1.54, 1.807) is 43.5 Å². The van der Waals surface area contributed by atoms with Crippen LogP contribution >= 0.6 is 39.1 Å². The van der Waals surface area contributed by atoms with Crippen LogP contribution in [0.1, 0.15) is 10.4 Å². The summed E-state index contributed by atoms with van der Waals surface area (Å²) in [5.41, 5.74) is 1.21. The van der Waals surface area contributed by atoms with Gasteiger partial charge in [-0.25, -0.2) is 0 Å². The van der Waals surface area contributed by atoms with Crippen LogP contribution in [0.5, 0.6) is 5.75 Å². The molecule has 0 spiro atoms. The molecule has 0 radical (unpaired) electrons. The first-order chi connectivity index (χ1) is 10.0. The molecular weight excluding hydrogens is 377 g/mol. The molecule has 1 N–H and O–H groups in total. The molecule has 0 aliphatic heterocycles. The Bertz CT molecular complexity index is 677. The Morgan fingerprint density at radius 2 is 2.00 bits per heavy atom. The van der Waals surface area contributed by atoms with Crippen LogP contribution in [-0.4, -0.2) is 19.4 Å². The maximum absolute atomic E-state index is 12.2. The van der Waals surface area contributed by atoms with Gasteiger partial charge >= 0.3 is 0 Å². The Morgan fingerprint density at radius 3 is 2.67 bits per heavy atom. The molecule has 0 atom stereocenters. The molecule has 0 heterocycles. The highest BCUT2D eigenvalue weighted by atomic mass is 79.9. The minimum Gasteiger partial charge on any atom is -0.496 e. The Hall–Kier alpha value is -1.23. The fourth-order valence-corrected chi connectivity index (χ4v) is 2.65. The number of rotatable bonds is 5. The number of benzene rings is 2. The zero-order chi connectivity index (χ0) is 15.4. The number of carbonyl (C=O) groups excluding carboxylic acids is 1. The second kappa shape index (κ2) is 7.16. The summed E-state index contributed by atoms with van der Waals surface area (Å²) in [4.78, 5) is 12.2. The number of ether oxygens (including phenoxy) is 1. The van der Waals surface area contributed by atoms with Crippen molar-refractivity contribution in [1.82, 2.24) is 0 Å². The Kier molecular flexibility index (Phi) is 5.51. The van der Waals surface area contributed by atoms with Crippen LogP contribution in [0.2, 0.25) is 10.0 Å². The molecule has 0 amide bonds. The van der Waals surface area contributed by atoms with Crippen LogP contribution in [0, 0.1) is 0 Å². The fraction of sp³-hybridized carbons (Fsp3) is 0.133. The lowest BCUT2D eigenvalue weighted by Crippen LogP contribution is -2.14. The van der Waals surface area contributed by atoms with E-state index in [-0.39, 0.29) is 12.3 Å². The topological polar surface area (TPSA) is 38.3 Å². The van der Waals surface area contributed by atoms with Crippen LogP contribution in [0.4, 0.5) is 5.69 Å². The van der Waals surface area contributed by atoms with E-state index < -0.39 is 0 Å². The summed E-state index contributed by atoms with van der Waals surface area (Å²) in [5.74, 6) is 0.617. The number of halogens is 3. The molecule has 0 aliphatic rings. The molecule has 0 unspecified atom stereocenters. The number of hydrogen-bond acceptors (Lipinski definition) is 3. The first kappa shape index (κ1) is 16.1. The van der Waals surface area contributed by atoms with E-state index in [0.29, 0.717) is 27.0 Å². The third-order valence-corrected chi connectivity index (χ3v) is 4.03. The van der Waals surface area contributed by atoms with E-state index in [2.05, 4.69) is 21.2 Å². The number of anilines is 1. The minimum absolute atomic E-state index is 0.0607. The molecule has 0 aliphatic carbocycles. The lowest BCUT2D eigenvalue weighted by molar-refractivity contribution is 0.101. The lowest BCUT2D eigenvalue weighted by Gasteiger charge is -2.09. The first-order valence-corrected chi connectivity index (χ1v) is 7.62. The van der Waals surface area contributed by atoms with Crippen molar-refractivity contribution in [3.8, 4) is 5.75 Å². The van der Waals surface area contributed by atoms with E-state index in [9.17, 15) is 4.79 Å². The highest BCUT2D eigenvalue weighted by Gasteiger charge is 2.10. The molecule has 0 aromatic heterocycles. The van der Waals surface area contributed by atoms with E-state index in [1.807, 2.05) is 0 Å². The molecular formula is C15H12BrCl2NO2. The summed E-state index contributed by atoms with van der Waals surface area (Å²) >= 11 is 15.3. The van der Waals surface area contributed by atoms with Gasteiger partial charge in [0.25, 0.3) is 0 Å². The second-order valence-electron chi connectivity index (χ2n) is 4.25. The molecule has 110 valence electrons. The van der Waals surface area contributed by atoms with Gasteiger partial charge in [0, 0.05) is 10.6 Å². The number of hydrogen-bond donors (Lipinski definition) is 1. The first-order valence-electron chi connectivity index (χ1n) is 6.07. The Labute approximate surface area is 141 Å². The van der Waals surface area contributed by atoms with E-state index in [4.69, 9.17) is 27.9 Å². The Morgan fingerprint density at radius 1 is 1.24 bits per heavy atom. The van der Waals surface area contributed by atoms with Crippen molar-refractivity contribution in [2.75, 3.05) is 19.0 Å². The monoisotopic (exact) mass is 387 g/mol. The van der Waals surface area contributed by atoms with Crippen LogP contribution in [0.15, 0.2) is 40.9 Å². The van der Waals surface area contributed by atoms with Gasteiger partial charge in [-0.05, 0) is 52.3 Å². The van der Waals surface area contributed by atoms with Crippen LogP contribution < -0.4 is 10.1 Å². The van der Waals surface area contributed by atoms with Crippen LogP contribution in [-0.2, 0) is 0 Å². The fourth-order valence-electron chi connectivity index (χ4n) is 1.75. The molecule has 3 nitrogen and oxygen atoms in total. The van der Waals surface area contributed by atoms with Gasteiger partial charge in [0.2, 0.25) is 0 Å². The second-order valence-corrected chi connectivity index (χ2v) is 5.95. The van der Waals surface area contributed by atoms with Crippen molar-refractivity contribution in [3.05, 3.63) is 56.5 Å². The summed E-state index contributed by atoms with van der Waals surface area (Å²) < 4.78 is 5.86. The third-order valence-electron chi connectivity index (χ3n) is 2.84. The molecule has 2 rings (SSSR count). The summed E-state index contributed by atoms with van der Waals surface area (Å²) in [7, 11) is 1.57. The van der Waals surface area contributed by atoms with Crippen molar-refractivity contribution in [2.45, 2.75) is 0 Å². The smallest absolute Gasteiger partial charge is 0.181 e. The summed E-state index contributed by atoms with van der Waals surface area (Å²) in [6.45, 7) is 0.124. The number of Topliss-reactive ketones (excluding diaryl/α,β-unsaturated/α-hetero) is 1. The largest absolute Gasteiger partial charge is 0.496 e. The summed E-state index contributed by atoms with van der Waals surface area (Å²) in [6.07, 6.45) is 0. The van der Waals surface area contributed by atoms with Gasteiger partial charge < -0.3 is 10.1 Å². The zero-order valence-corrected chi connectivity index (χ0v) is 14.2. The SMILES string of the molecule is COc1ccc(C(=O)CNc2cc(Cl)ccc2Cl)cc1Br. The predicted molar refractivity (Wildman–Crippen MR) is 90.0 cm³/mol. The van der Waals surface area contributed by atoms with Gasteiger partial charge in [-0.3, -0.25) is 4.79 Å². The van der Waals surface area contributed by atoms with Crippen LogP contribution in [0.25, 0.3) is 0 Å².